The largest absolute Gasteiger partial charge is 0.465 e. The van der Waals surface area contributed by atoms with E-state index < -0.39 is 12.0 Å². The molecule has 1 unspecified atom stereocenters. The molecule has 0 saturated carbocycles. The van der Waals surface area contributed by atoms with Crippen molar-refractivity contribution in [1.82, 2.24) is 9.38 Å². The van der Waals surface area contributed by atoms with Crippen LogP contribution in [0.3, 0.4) is 0 Å². The summed E-state index contributed by atoms with van der Waals surface area (Å²) in [5.74, 6) is -0.408. The molecule has 1 atom stereocenters. The first-order valence-electron chi connectivity index (χ1n) is 7.84. The molecule has 7 heteroatoms. The zero-order chi connectivity index (χ0) is 18.0. The third-order valence-corrected chi connectivity index (χ3v) is 4.80. The molecule has 2 N–H and O–H groups in total. The van der Waals surface area contributed by atoms with Crippen molar-refractivity contribution < 1.29 is 9.53 Å². The van der Waals surface area contributed by atoms with Crippen LogP contribution in [0.2, 0.25) is 0 Å². The number of pyridine rings is 1. The number of carbonyl (C=O) groups excluding carboxylic acids is 1. The minimum absolute atomic E-state index is 0.310. The normalized spacial score (nSPS) is 12.3. The molecule has 1 aromatic carbocycles. The molecule has 2 heterocycles. The Kier molecular flexibility index (Phi) is 5.56. The number of fused-ring (bicyclic) bond motifs is 1. The number of hydrogen-bond donors (Lipinski definition) is 1. The van der Waals surface area contributed by atoms with Crippen LogP contribution in [0.1, 0.15) is 12.6 Å². The summed E-state index contributed by atoms with van der Waals surface area (Å²) in [5, 5.41) is 0. The first-order valence-corrected chi connectivity index (χ1v) is 9.43. The number of nitrogens with two attached hydrogens (primary N) is 1. The van der Waals surface area contributed by atoms with Crippen molar-refractivity contribution in [3.8, 4) is 11.3 Å². The summed E-state index contributed by atoms with van der Waals surface area (Å²) < 4.78 is 8.91. The summed E-state index contributed by atoms with van der Waals surface area (Å²) in [4.78, 5) is 16.7. The van der Waals surface area contributed by atoms with E-state index in [9.17, 15) is 4.79 Å². The van der Waals surface area contributed by atoms with Gasteiger partial charge in [0.25, 0.3) is 0 Å². The van der Waals surface area contributed by atoms with Crippen LogP contribution in [0.5, 0.6) is 0 Å². The maximum Gasteiger partial charge on any atom is 0.323 e. The molecule has 0 aliphatic heterocycles. The van der Waals surface area contributed by atoms with E-state index in [4.69, 9.17) is 15.5 Å². The molecular weight excluding hydrogens is 450 g/mol. The molecule has 2 aromatic heterocycles. The second kappa shape index (κ2) is 7.68. The average Bonchev–Trinajstić information content (AvgIpc) is 2.93. The van der Waals surface area contributed by atoms with Gasteiger partial charge in [0.2, 0.25) is 0 Å². The smallest absolute Gasteiger partial charge is 0.323 e. The fourth-order valence-electron chi connectivity index (χ4n) is 2.64. The highest BCUT2D eigenvalue weighted by Gasteiger charge is 2.21. The van der Waals surface area contributed by atoms with Gasteiger partial charge in [-0.1, -0.05) is 28.1 Å². The minimum Gasteiger partial charge on any atom is -0.465 e. The monoisotopic (exact) mass is 465 g/mol. The quantitative estimate of drug-likeness (QED) is 0.578. The third kappa shape index (κ3) is 3.94. The van der Waals surface area contributed by atoms with E-state index >= 15 is 0 Å². The molecule has 130 valence electrons. The molecule has 0 amide bonds. The van der Waals surface area contributed by atoms with Gasteiger partial charge in [-0.15, -0.1) is 0 Å². The summed E-state index contributed by atoms with van der Waals surface area (Å²) in [5.41, 5.74) is 9.51. The first kappa shape index (κ1) is 18.1. The lowest BCUT2D eigenvalue weighted by atomic mass is 10.1. The second-order valence-corrected chi connectivity index (χ2v) is 7.38. The number of nitrogens with zero attached hydrogens (tertiary/aromatic N) is 2. The van der Waals surface area contributed by atoms with Gasteiger partial charge in [0.1, 0.15) is 11.7 Å². The topological polar surface area (TPSA) is 69.6 Å². The van der Waals surface area contributed by atoms with E-state index in [2.05, 4.69) is 31.9 Å². The molecule has 3 aromatic rings. The Bertz CT molecular complexity index is 907. The second-order valence-electron chi connectivity index (χ2n) is 5.55. The van der Waals surface area contributed by atoms with Crippen molar-refractivity contribution in [3.63, 3.8) is 0 Å². The van der Waals surface area contributed by atoms with Gasteiger partial charge in [-0.25, -0.2) is 4.98 Å². The van der Waals surface area contributed by atoms with E-state index in [0.29, 0.717) is 13.0 Å². The van der Waals surface area contributed by atoms with Gasteiger partial charge in [0.05, 0.1) is 18.0 Å². The fourth-order valence-corrected chi connectivity index (χ4v) is 3.24. The third-order valence-electron chi connectivity index (χ3n) is 3.80. The van der Waals surface area contributed by atoms with E-state index in [1.54, 1.807) is 6.92 Å². The summed E-state index contributed by atoms with van der Waals surface area (Å²) in [6.45, 7) is 2.08. The lowest BCUT2D eigenvalue weighted by molar-refractivity contribution is -0.144. The molecule has 0 fully saturated rings. The maximum atomic E-state index is 12.0. The van der Waals surface area contributed by atoms with E-state index in [1.807, 2.05) is 47.0 Å². The van der Waals surface area contributed by atoms with E-state index in [0.717, 1.165) is 31.5 Å². The van der Waals surface area contributed by atoms with Crippen LogP contribution in [-0.2, 0) is 16.0 Å². The molecule has 0 bridgehead atoms. The predicted octanol–water partition coefficient (Wildman–Crippen LogP) is 3.96. The zero-order valence-corrected chi connectivity index (χ0v) is 16.7. The number of hydrogen-bond acceptors (Lipinski definition) is 4. The van der Waals surface area contributed by atoms with Crippen molar-refractivity contribution in [2.24, 2.45) is 5.73 Å². The zero-order valence-electron chi connectivity index (χ0n) is 13.6. The lowest BCUT2D eigenvalue weighted by Crippen LogP contribution is -2.34. The Morgan fingerprint density at radius 1 is 1.20 bits per heavy atom. The molecule has 0 aliphatic carbocycles. The summed E-state index contributed by atoms with van der Waals surface area (Å²) in [6, 6.07) is 11.0. The maximum absolute atomic E-state index is 12.0. The van der Waals surface area contributed by atoms with Crippen LogP contribution >= 0.6 is 31.9 Å². The van der Waals surface area contributed by atoms with E-state index in [1.165, 1.54) is 0 Å². The van der Waals surface area contributed by atoms with Crippen molar-refractivity contribution in [1.29, 1.82) is 0 Å². The Labute approximate surface area is 162 Å². The van der Waals surface area contributed by atoms with Gasteiger partial charge in [-0.05, 0) is 47.1 Å². The molecule has 0 radical (unpaired) electrons. The summed E-state index contributed by atoms with van der Waals surface area (Å²) in [6.07, 6.45) is 2.26. The van der Waals surface area contributed by atoms with Crippen LogP contribution in [0.15, 0.2) is 51.5 Å². The molecule has 0 aliphatic rings. The number of rotatable bonds is 5. The lowest BCUT2D eigenvalue weighted by Gasteiger charge is -2.12. The first-order chi connectivity index (χ1) is 12.0. The van der Waals surface area contributed by atoms with Crippen molar-refractivity contribution in [2.45, 2.75) is 19.4 Å². The van der Waals surface area contributed by atoms with Gasteiger partial charge in [-0.2, -0.15) is 0 Å². The van der Waals surface area contributed by atoms with Crippen LogP contribution in [-0.4, -0.2) is 28.0 Å². The number of aromatic nitrogens is 2. The Morgan fingerprint density at radius 2 is 1.88 bits per heavy atom. The van der Waals surface area contributed by atoms with Gasteiger partial charge < -0.3 is 14.9 Å². The number of ether oxygens (including phenoxy) is 1. The molecule has 0 saturated heterocycles. The number of esters is 1. The van der Waals surface area contributed by atoms with Crippen LogP contribution in [0.4, 0.5) is 0 Å². The van der Waals surface area contributed by atoms with Gasteiger partial charge in [0.15, 0.2) is 0 Å². The van der Waals surface area contributed by atoms with Crippen molar-refractivity contribution >= 4 is 43.5 Å². The van der Waals surface area contributed by atoms with Crippen LogP contribution < -0.4 is 5.73 Å². The van der Waals surface area contributed by atoms with Gasteiger partial charge >= 0.3 is 5.97 Å². The van der Waals surface area contributed by atoms with Crippen molar-refractivity contribution in [3.05, 3.63) is 57.2 Å². The highest BCUT2D eigenvalue weighted by Crippen LogP contribution is 2.28. The Morgan fingerprint density at radius 3 is 2.56 bits per heavy atom. The van der Waals surface area contributed by atoms with Crippen molar-refractivity contribution in [2.75, 3.05) is 6.61 Å². The SMILES string of the molecule is CCOC(=O)C(N)Cc1c(-c2ccc(Br)cc2)nc2ccc(Br)cn12. The molecule has 5 nitrogen and oxygen atoms in total. The van der Waals surface area contributed by atoms with Crippen LogP contribution in [0.25, 0.3) is 16.9 Å². The molecular formula is C18H17Br2N3O2. The predicted molar refractivity (Wildman–Crippen MR) is 104 cm³/mol. The van der Waals surface area contributed by atoms with Gasteiger partial charge in [0, 0.05) is 27.1 Å². The highest BCUT2D eigenvalue weighted by atomic mass is 79.9. The standard InChI is InChI=1S/C18H17Br2N3O2/c1-2-25-18(24)14(21)9-15-17(11-3-5-12(19)6-4-11)22-16-8-7-13(20)10-23(15)16/h3-8,10,14H,2,9,21H2,1H3. The number of imidazole rings is 1. The molecule has 25 heavy (non-hydrogen) atoms. The summed E-state index contributed by atoms with van der Waals surface area (Å²) in [7, 11) is 0. The van der Waals surface area contributed by atoms with E-state index in [-0.39, 0.29) is 0 Å². The Hall–Kier alpha value is -1.70. The molecule has 3 rings (SSSR count). The average molecular weight is 467 g/mol. The van der Waals surface area contributed by atoms with Crippen LogP contribution in [0, 0.1) is 0 Å². The highest BCUT2D eigenvalue weighted by molar-refractivity contribution is 9.10. The number of halogens is 2. The number of benzene rings is 1. The summed E-state index contributed by atoms with van der Waals surface area (Å²) >= 11 is 6.93. The fraction of sp³-hybridized carbons (Fsp3) is 0.222. The number of carbonyl (C=O) groups is 1. The Balaban J connectivity index is 2.09. The van der Waals surface area contributed by atoms with Gasteiger partial charge in [-0.3, -0.25) is 4.79 Å². The minimum atomic E-state index is -0.743. The molecule has 0 spiro atoms.